The largest absolute Gasteiger partial charge is 0.519 e. The summed E-state index contributed by atoms with van der Waals surface area (Å²) in [6.07, 6.45) is 5.40. The number of anilines is 1. The summed E-state index contributed by atoms with van der Waals surface area (Å²) in [6.45, 7) is 11.9. The monoisotopic (exact) mass is 647 g/mol. The van der Waals surface area contributed by atoms with E-state index in [2.05, 4.69) is 26.2 Å². The maximum atomic E-state index is 13.2. The molecule has 14 nitrogen and oxygen atoms in total. The Morgan fingerprint density at radius 2 is 1.96 bits per heavy atom. The Balaban J connectivity index is 1.31. The molecule has 0 spiro atoms. The van der Waals surface area contributed by atoms with Gasteiger partial charge in [-0.05, 0) is 44.9 Å². The molecule has 0 aliphatic carbocycles. The summed E-state index contributed by atoms with van der Waals surface area (Å²) < 4.78 is 28.9. The third kappa shape index (κ3) is 6.77. The fourth-order valence-corrected chi connectivity index (χ4v) is 6.00. The number of esters is 2. The number of aliphatic hydroxyl groups is 1. The van der Waals surface area contributed by atoms with Crippen LogP contribution in [-0.4, -0.2) is 54.9 Å². The summed E-state index contributed by atoms with van der Waals surface area (Å²) >= 11 is 0. The fourth-order valence-electron chi connectivity index (χ4n) is 6.00. The van der Waals surface area contributed by atoms with Gasteiger partial charge in [-0.2, -0.15) is 0 Å². The fraction of sp³-hybridized carbons (Fsp3) is 0.455. The van der Waals surface area contributed by atoms with E-state index in [1.807, 2.05) is 33.8 Å². The highest BCUT2D eigenvalue weighted by Gasteiger charge is 2.49. The smallest absolute Gasteiger partial charge is 0.461 e. The quantitative estimate of drug-likeness (QED) is 0.145. The van der Waals surface area contributed by atoms with Crippen molar-refractivity contribution in [2.75, 3.05) is 11.9 Å². The minimum Gasteiger partial charge on any atom is -0.461 e. The first-order valence-corrected chi connectivity index (χ1v) is 15.0. The summed E-state index contributed by atoms with van der Waals surface area (Å²) in [5, 5.41) is 14.2. The zero-order chi connectivity index (χ0) is 34.3. The van der Waals surface area contributed by atoms with Crippen LogP contribution in [0.25, 0.3) is 11.2 Å². The van der Waals surface area contributed by atoms with Crippen LogP contribution < -0.4 is 15.9 Å². The second-order valence-corrected chi connectivity index (χ2v) is 12.4. The van der Waals surface area contributed by atoms with Crippen molar-refractivity contribution < 1.29 is 37.7 Å². The van der Waals surface area contributed by atoms with Gasteiger partial charge in [-0.15, -0.1) is 6.42 Å². The highest BCUT2D eigenvalue weighted by atomic mass is 16.6. The van der Waals surface area contributed by atoms with E-state index in [0.717, 1.165) is 11.1 Å². The molecule has 1 fully saturated rings. The summed E-state index contributed by atoms with van der Waals surface area (Å²) in [7, 11) is 0. The lowest BCUT2D eigenvalue weighted by Crippen LogP contribution is -2.43. The Hall–Kier alpha value is -5.00. The number of aliphatic hydroxyl groups excluding tert-OH is 1. The van der Waals surface area contributed by atoms with Gasteiger partial charge in [-0.25, -0.2) is 19.7 Å². The first-order valence-electron chi connectivity index (χ1n) is 15.0. The molecular weight excluding hydrogens is 610 g/mol. The number of terminal acetylenes is 1. The zero-order valence-electron chi connectivity index (χ0n) is 27.3. The number of rotatable bonds is 10. The minimum atomic E-state index is -1.64. The van der Waals surface area contributed by atoms with E-state index in [9.17, 15) is 19.5 Å². The van der Waals surface area contributed by atoms with Crippen LogP contribution in [-0.2, 0) is 31.0 Å². The van der Waals surface area contributed by atoms with E-state index in [1.54, 1.807) is 24.5 Å². The van der Waals surface area contributed by atoms with Crippen LogP contribution in [0.4, 0.5) is 5.82 Å². The lowest BCUT2D eigenvalue weighted by atomic mass is 9.78. The number of carbonyl (C=O) groups excluding carboxylic acids is 2. The molecule has 5 rings (SSSR count). The van der Waals surface area contributed by atoms with Crippen LogP contribution in [0.15, 0.2) is 32.1 Å². The van der Waals surface area contributed by atoms with Crippen molar-refractivity contribution in [3.05, 3.63) is 63.1 Å². The number of aryl methyl sites for hydroxylation is 4. The number of carbonyl (C=O) groups is 2. The number of benzene rings is 1. The van der Waals surface area contributed by atoms with Gasteiger partial charge in [0, 0.05) is 24.3 Å². The van der Waals surface area contributed by atoms with Crippen LogP contribution >= 0.6 is 0 Å². The third-order valence-corrected chi connectivity index (χ3v) is 8.06. The molecule has 4 heterocycles. The molecular formula is C33H37N5O9. The average molecular weight is 648 g/mol. The van der Waals surface area contributed by atoms with Crippen LogP contribution in [0.1, 0.15) is 73.9 Å². The van der Waals surface area contributed by atoms with Crippen LogP contribution in [0, 0.1) is 40.0 Å². The van der Waals surface area contributed by atoms with Gasteiger partial charge in [0.1, 0.15) is 36.3 Å². The minimum absolute atomic E-state index is 0.0643. The van der Waals surface area contributed by atoms with E-state index in [1.165, 1.54) is 13.3 Å². The Labute approximate surface area is 270 Å². The molecule has 0 radical (unpaired) electrons. The molecule has 14 heteroatoms. The standard InChI is InChI=1S/C33H37N5O9/c1-9-33(15-43-26(41)13-32(7,8)27-18(3)10-17(2)11-22(27)45-21(6)39)24(40)12-25(47-33)38-16-35-28-29(36-20(5)37-30(28)38)34-14-23-19(4)44-31(42)46-23/h1,10-11,16,24-25,40H,12-15H2,2-8H3,(H,34,36,37)/t24-,25+,33+/m0/s1. The van der Waals surface area contributed by atoms with Crippen molar-refractivity contribution in [1.82, 2.24) is 19.5 Å². The molecule has 0 saturated carbocycles. The molecule has 1 aliphatic heterocycles. The van der Waals surface area contributed by atoms with E-state index < -0.39 is 47.7 Å². The highest BCUT2D eigenvalue weighted by Crippen LogP contribution is 2.40. The van der Waals surface area contributed by atoms with Gasteiger partial charge in [-0.3, -0.25) is 14.2 Å². The first kappa shape index (κ1) is 33.4. The number of nitrogens with one attached hydrogen (secondary N) is 1. The molecule has 1 aliphatic rings. The predicted molar refractivity (Wildman–Crippen MR) is 168 cm³/mol. The number of aromatic nitrogens is 4. The zero-order valence-corrected chi connectivity index (χ0v) is 27.3. The SMILES string of the molecule is C#C[C@]1(COC(=O)CC(C)(C)c2c(C)cc(C)cc2OC(C)=O)O[C@@H](n2cnc3c(NCc4oc(=O)oc4C)nc(C)nc32)C[C@@H]1O. The summed E-state index contributed by atoms with van der Waals surface area (Å²) in [5.41, 5.74) is 0.892. The molecule has 1 saturated heterocycles. The Morgan fingerprint density at radius 1 is 1.21 bits per heavy atom. The van der Waals surface area contributed by atoms with Gasteiger partial charge in [0.2, 0.25) is 0 Å². The predicted octanol–water partition coefficient (Wildman–Crippen LogP) is 3.71. The molecule has 47 heavy (non-hydrogen) atoms. The van der Waals surface area contributed by atoms with Crippen molar-refractivity contribution in [1.29, 1.82) is 0 Å². The maximum Gasteiger partial charge on any atom is 0.519 e. The molecule has 0 unspecified atom stereocenters. The molecule has 3 atom stereocenters. The molecule has 2 N–H and O–H groups in total. The number of imidazole rings is 1. The van der Waals surface area contributed by atoms with Crippen LogP contribution in [0.5, 0.6) is 5.75 Å². The normalized spacial score (nSPS) is 19.5. The van der Waals surface area contributed by atoms with Gasteiger partial charge in [-0.1, -0.05) is 25.8 Å². The van der Waals surface area contributed by atoms with E-state index >= 15 is 0 Å². The number of hydrogen-bond donors (Lipinski definition) is 2. The van der Waals surface area contributed by atoms with Gasteiger partial charge < -0.3 is 33.5 Å². The van der Waals surface area contributed by atoms with Crippen molar-refractivity contribution >= 4 is 28.9 Å². The van der Waals surface area contributed by atoms with Gasteiger partial charge in [0.15, 0.2) is 28.3 Å². The number of hydrogen-bond acceptors (Lipinski definition) is 13. The van der Waals surface area contributed by atoms with Gasteiger partial charge in [0.05, 0.1) is 19.3 Å². The van der Waals surface area contributed by atoms with E-state index in [4.69, 9.17) is 29.5 Å². The van der Waals surface area contributed by atoms with Crippen molar-refractivity contribution in [3.8, 4) is 18.1 Å². The molecule has 0 amide bonds. The molecule has 4 aromatic rings. The average Bonchev–Trinajstić information content (AvgIpc) is 3.63. The Bertz CT molecular complexity index is 1950. The first-order chi connectivity index (χ1) is 22.1. The van der Waals surface area contributed by atoms with Gasteiger partial charge >= 0.3 is 17.8 Å². The number of fused-ring (bicyclic) bond motifs is 1. The van der Waals surface area contributed by atoms with Crippen molar-refractivity contribution in [2.24, 2.45) is 0 Å². The van der Waals surface area contributed by atoms with Crippen LogP contribution in [0.2, 0.25) is 0 Å². The molecule has 1 aromatic carbocycles. The molecule has 0 bridgehead atoms. The Kier molecular flexibility index (Phi) is 8.98. The summed E-state index contributed by atoms with van der Waals surface area (Å²) in [6, 6.07) is 3.72. The lowest BCUT2D eigenvalue weighted by Gasteiger charge is -2.30. The van der Waals surface area contributed by atoms with E-state index in [-0.39, 0.29) is 19.4 Å². The number of ether oxygens (including phenoxy) is 3. The highest BCUT2D eigenvalue weighted by molar-refractivity contribution is 5.83. The maximum absolute atomic E-state index is 13.2. The molecule has 248 valence electrons. The van der Waals surface area contributed by atoms with E-state index in [0.29, 0.717) is 45.6 Å². The molecule has 3 aromatic heterocycles. The van der Waals surface area contributed by atoms with Crippen molar-refractivity contribution in [2.45, 2.75) is 91.2 Å². The second kappa shape index (κ2) is 12.7. The summed E-state index contributed by atoms with van der Waals surface area (Å²) in [4.78, 5) is 49.8. The van der Waals surface area contributed by atoms with Crippen LogP contribution in [0.3, 0.4) is 0 Å². The topological polar surface area (TPSA) is 181 Å². The second-order valence-electron chi connectivity index (χ2n) is 12.4. The van der Waals surface area contributed by atoms with Gasteiger partial charge in [0.25, 0.3) is 0 Å². The third-order valence-electron chi connectivity index (χ3n) is 8.06. The summed E-state index contributed by atoms with van der Waals surface area (Å²) in [5.74, 6) is 2.51. The van der Waals surface area contributed by atoms with Crippen molar-refractivity contribution in [3.63, 3.8) is 0 Å². The lowest BCUT2D eigenvalue weighted by molar-refractivity contribution is -0.157. The number of nitrogens with zero attached hydrogens (tertiary/aromatic N) is 4. The Morgan fingerprint density at radius 3 is 2.62 bits per heavy atom.